The Hall–Kier alpha value is -2.01. The number of hydrogen-bond donors (Lipinski definition) is 3. The van der Waals surface area contributed by atoms with Gasteiger partial charge in [-0.2, -0.15) is 0 Å². The summed E-state index contributed by atoms with van der Waals surface area (Å²) in [6.45, 7) is 0.115. The predicted molar refractivity (Wildman–Crippen MR) is 62.0 cm³/mol. The van der Waals surface area contributed by atoms with Crippen molar-refractivity contribution in [2.45, 2.75) is 6.54 Å². The minimum atomic E-state index is -0.298. The zero-order chi connectivity index (χ0) is 11.5. The molecule has 0 aliphatic carbocycles. The Bertz CT molecular complexity index is 528. The van der Waals surface area contributed by atoms with Crippen LogP contribution >= 0.6 is 0 Å². The summed E-state index contributed by atoms with van der Waals surface area (Å²) in [6, 6.07) is 9.37. The van der Waals surface area contributed by atoms with Crippen LogP contribution in [0.5, 0.6) is 0 Å². The Morgan fingerprint density at radius 3 is 2.62 bits per heavy atom. The normalized spacial score (nSPS) is 10.6. The summed E-state index contributed by atoms with van der Waals surface area (Å²) in [5, 5.41) is 11.7. The minimum absolute atomic E-state index is 0.103. The summed E-state index contributed by atoms with van der Waals surface area (Å²) < 4.78 is 1.30. The number of anilines is 1. The first-order chi connectivity index (χ1) is 7.74. The third kappa shape index (κ3) is 1.72. The van der Waals surface area contributed by atoms with E-state index in [0.717, 1.165) is 5.56 Å². The molecule has 0 aliphatic rings. The second-order valence-electron chi connectivity index (χ2n) is 3.45. The first kappa shape index (κ1) is 10.5. The number of nitrogen functional groups attached to an aromatic ring is 1. The van der Waals surface area contributed by atoms with E-state index >= 15 is 0 Å². The van der Waals surface area contributed by atoms with Crippen LogP contribution in [0.1, 0.15) is 0 Å². The van der Waals surface area contributed by atoms with Crippen LogP contribution in [0.25, 0.3) is 11.3 Å². The van der Waals surface area contributed by atoms with E-state index in [1.807, 2.05) is 30.3 Å². The summed E-state index contributed by atoms with van der Waals surface area (Å²) in [5.41, 5.74) is 7.05. The molecule has 0 aliphatic heterocycles. The molecule has 0 fully saturated rings. The van der Waals surface area contributed by atoms with Gasteiger partial charge < -0.3 is 10.8 Å². The van der Waals surface area contributed by atoms with Crippen LogP contribution in [0.2, 0.25) is 0 Å². The smallest absolute Gasteiger partial charge is 0.290 e. The third-order valence-electron chi connectivity index (χ3n) is 2.38. The largest absolute Gasteiger partial charge is 0.394 e. The number of rotatable bonds is 3. The highest BCUT2D eigenvalue weighted by Gasteiger charge is 2.11. The van der Waals surface area contributed by atoms with Gasteiger partial charge in [-0.25, -0.2) is 4.68 Å². The molecule has 0 unspecified atom stereocenters. The van der Waals surface area contributed by atoms with Crippen molar-refractivity contribution in [3.63, 3.8) is 0 Å². The molecule has 1 heterocycles. The van der Waals surface area contributed by atoms with Gasteiger partial charge in [-0.3, -0.25) is 9.89 Å². The second kappa shape index (κ2) is 4.24. The average molecular weight is 219 g/mol. The van der Waals surface area contributed by atoms with E-state index < -0.39 is 0 Å². The quantitative estimate of drug-likeness (QED) is 0.699. The van der Waals surface area contributed by atoms with Gasteiger partial charge in [-0.15, -0.1) is 0 Å². The molecule has 4 N–H and O–H groups in total. The number of benzene rings is 1. The van der Waals surface area contributed by atoms with Crippen LogP contribution in [0.4, 0.5) is 5.69 Å². The minimum Gasteiger partial charge on any atom is -0.394 e. The fraction of sp³-hybridized carbons (Fsp3) is 0.182. The van der Waals surface area contributed by atoms with Crippen molar-refractivity contribution in [1.82, 2.24) is 9.78 Å². The summed E-state index contributed by atoms with van der Waals surface area (Å²) in [6.07, 6.45) is 0. The molecule has 2 aromatic rings. The van der Waals surface area contributed by atoms with E-state index in [-0.39, 0.29) is 24.4 Å². The van der Waals surface area contributed by atoms with E-state index in [1.54, 1.807) is 0 Å². The number of aliphatic hydroxyl groups is 1. The van der Waals surface area contributed by atoms with Gasteiger partial charge in [-0.05, 0) is 0 Å². The van der Waals surface area contributed by atoms with Gasteiger partial charge >= 0.3 is 0 Å². The van der Waals surface area contributed by atoms with E-state index in [0.29, 0.717) is 5.69 Å². The average Bonchev–Trinajstić information content (AvgIpc) is 2.59. The van der Waals surface area contributed by atoms with Gasteiger partial charge in [0, 0.05) is 5.56 Å². The fourth-order valence-corrected chi connectivity index (χ4v) is 1.58. The molecule has 0 saturated carbocycles. The van der Waals surface area contributed by atoms with Crippen LogP contribution in [0.3, 0.4) is 0 Å². The van der Waals surface area contributed by atoms with E-state index in [4.69, 9.17) is 10.8 Å². The predicted octanol–water partition coefficient (Wildman–Crippen LogP) is 0.418. The molecule has 84 valence electrons. The molecule has 1 aromatic heterocycles. The number of nitrogens with zero attached hydrogens (tertiary/aromatic N) is 1. The van der Waals surface area contributed by atoms with Crippen LogP contribution in [-0.4, -0.2) is 21.5 Å². The summed E-state index contributed by atoms with van der Waals surface area (Å²) >= 11 is 0. The third-order valence-corrected chi connectivity index (χ3v) is 2.38. The van der Waals surface area contributed by atoms with E-state index in [2.05, 4.69) is 5.10 Å². The van der Waals surface area contributed by atoms with Gasteiger partial charge in [0.15, 0.2) is 0 Å². The molecule has 0 atom stereocenters. The topological polar surface area (TPSA) is 84.0 Å². The molecule has 0 spiro atoms. The molecule has 5 heteroatoms. The first-order valence-corrected chi connectivity index (χ1v) is 4.98. The molecule has 0 bridgehead atoms. The lowest BCUT2D eigenvalue weighted by Gasteiger charge is -1.99. The Morgan fingerprint density at radius 2 is 2.00 bits per heavy atom. The van der Waals surface area contributed by atoms with Crippen molar-refractivity contribution in [3.05, 3.63) is 40.7 Å². The molecule has 0 amide bonds. The van der Waals surface area contributed by atoms with Crippen molar-refractivity contribution in [3.8, 4) is 11.3 Å². The van der Waals surface area contributed by atoms with Crippen LogP contribution in [0.15, 0.2) is 35.1 Å². The fourth-order valence-electron chi connectivity index (χ4n) is 1.58. The standard InChI is InChI=1S/C11H13N3O2/c12-9-10(8-4-2-1-3-5-8)13-14(6-7-15)11(9)16/h1-5,13,15H,6-7,12H2. The molecule has 0 radical (unpaired) electrons. The second-order valence-corrected chi connectivity index (χ2v) is 3.45. The molecular formula is C11H13N3O2. The molecule has 16 heavy (non-hydrogen) atoms. The van der Waals surface area contributed by atoms with Crippen molar-refractivity contribution >= 4 is 5.69 Å². The zero-order valence-corrected chi connectivity index (χ0v) is 8.68. The molecule has 0 saturated heterocycles. The lowest BCUT2D eigenvalue weighted by Crippen LogP contribution is -2.20. The monoisotopic (exact) mass is 219 g/mol. The molecule has 2 rings (SSSR count). The highest BCUT2D eigenvalue weighted by molar-refractivity contribution is 5.71. The Morgan fingerprint density at radius 1 is 1.31 bits per heavy atom. The van der Waals surface area contributed by atoms with Crippen molar-refractivity contribution in [1.29, 1.82) is 0 Å². The Balaban J connectivity index is 2.51. The highest BCUT2D eigenvalue weighted by atomic mass is 16.3. The van der Waals surface area contributed by atoms with Crippen molar-refractivity contribution in [2.75, 3.05) is 12.3 Å². The van der Waals surface area contributed by atoms with Crippen LogP contribution in [-0.2, 0) is 6.54 Å². The van der Waals surface area contributed by atoms with E-state index in [1.165, 1.54) is 4.68 Å². The number of nitrogens with two attached hydrogens (primary N) is 1. The Labute approximate surface area is 92.1 Å². The molecule has 1 aromatic carbocycles. The van der Waals surface area contributed by atoms with Gasteiger partial charge in [0.2, 0.25) is 0 Å². The highest BCUT2D eigenvalue weighted by Crippen LogP contribution is 2.20. The van der Waals surface area contributed by atoms with Crippen LogP contribution < -0.4 is 11.3 Å². The first-order valence-electron chi connectivity index (χ1n) is 4.98. The Kier molecular flexibility index (Phi) is 2.78. The van der Waals surface area contributed by atoms with Crippen molar-refractivity contribution in [2.24, 2.45) is 0 Å². The summed E-state index contributed by atoms with van der Waals surface area (Å²) in [7, 11) is 0. The maximum atomic E-state index is 11.6. The van der Waals surface area contributed by atoms with Crippen LogP contribution in [0, 0.1) is 0 Å². The lowest BCUT2D eigenvalue weighted by molar-refractivity contribution is 0.268. The summed E-state index contributed by atoms with van der Waals surface area (Å²) in [4.78, 5) is 11.6. The zero-order valence-electron chi connectivity index (χ0n) is 8.68. The number of hydrogen-bond acceptors (Lipinski definition) is 3. The number of aromatic nitrogens is 2. The number of aromatic amines is 1. The van der Waals surface area contributed by atoms with Gasteiger partial charge in [0.1, 0.15) is 5.69 Å². The number of nitrogens with one attached hydrogen (secondary N) is 1. The maximum Gasteiger partial charge on any atom is 0.290 e. The van der Waals surface area contributed by atoms with Gasteiger partial charge in [0.05, 0.1) is 18.8 Å². The molecule has 5 nitrogen and oxygen atoms in total. The SMILES string of the molecule is Nc1c(-c2ccccc2)[nH]n(CCO)c1=O. The molecular weight excluding hydrogens is 206 g/mol. The maximum absolute atomic E-state index is 11.6. The number of H-pyrrole nitrogens is 1. The van der Waals surface area contributed by atoms with Gasteiger partial charge in [-0.1, -0.05) is 30.3 Å². The van der Waals surface area contributed by atoms with Crippen molar-refractivity contribution < 1.29 is 5.11 Å². The lowest BCUT2D eigenvalue weighted by atomic mass is 10.1. The van der Waals surface area contributed by atoms with Gasteiger partial charge in [0.25, 0.3) is 5.56 Å². The number of aliphatic hydroxyl groups excluding tert-OH is 1. The van der Waals surface area contributed by atoms with E-state index in [9.17, 15) is 4.79 Å². The summed E-state index contributed by atoms with van der Waals surface area (Å²) in [5.74, 6) is 0.